The molecule has 2 heterocycles. The van der Waals surface area contributed by atoms with Crippen molar-refractivity contribution >= 4 is 34.3 Å². The van der Waals surface area contributed by atoms with Crippen LogP contribution in [0.2, 0.25) is 0 Å². The molecule has 0 aliphatic heterocycles. The molecule has 0 saturated carbocycles. The van der Waals surface area contributed by atoms with Crippen LogP contribution in [0.1, 0.15) is 11.1 Å². The number of likely N-dealkylation sites (N-methyl/N-ethyl adjacent to an activating group) is 1. The molecule has 9 heteroatoms. The van der Waals surface area contributed by atoms with Gasteiger partial charge >= 0.3 is 5.95 Å². The van der Waals surface area contributed by atoms with Crippen molar-refractivity contribution in [2.45, 2.75) is 13.8 Å². The summed E-state index contributed by atoms with van der Waals surface area (Å²) >= 11 is 0. The van der Waals surface area contributed by atoms with Crippen LogP contribution in [0.15, 0.2) is 60.0 Å². The van der Waals surface area contributed by atoms with Gasteiger partial charge in [0.15, 0.2) is 5.84 Å². The van der Waals surface area contributed by atoms with Gasteiger partial charge in [0.05, 0.1) is 11.7 Å². The summed E-state index contributed by atoms with van der Waals surface area (Å²) in [5.41, 5.74) is 9.27. The molecule has 0 fully saturated rings. The van der Waals surface area contributed by atoms with E-state index in [4.69, 9.17) is 10.7 Å². The van der Waals surface area contributed by atoms with Crippen LogP contribution in [-0.2, 0) is 4.79 Å². The van der Waals surface area contributed by atoms with Crippen molar-refractivity contribution in [3.8, 4) is 5.82 Å². The summed E-state index contributed by atoms with van der Waals surface area (Å²) in [6, 6.07) is 5.87. The first-order valence-corrected chi connectivity index (χ1v) is 10.6. The van der Waals surface area contributed by atoms with Gasteiger partial charge < -0.3 is 16.0 Å². The van der Waals surface area contributed by atoms with Crippen LogP contribution in [0, 0.1) is 13.8 Å². The number of hydrogen-bond acceptors (Lipinski definition) is 5. The highest BCUT2D eigenvalue weighted by Crippen LogP contribution is 2.27. The van der Waals surface area contributed by atoms with Crippen molar-refractivity contribution in [2.24, 2.45) is 10.7 Å². The quantitative estimate of drug-likeness (QED) is 0.292. The maximum atomic E-state index is 12.2. The van der Waals surface area contributed by atoms with Gasteiger partial charge in [-0.1, -0.05) is 11.1 Å². The summed E-state index contributed by atoms with van der Waals surface area (Å²) in [6.45, 7) is 4.74. The van der Waals surface area contributed by atoms with Crippen molar-refractivity contribution in [3.63, 3.8) is 0 Å². The standard InChI is InChI=1S/C24H30N8O/c1-16-14-27-24(29-21(26-3)10-11-25)30-23(16)32-15-17(2)19-13-18(8-9-20(19)32)28-22(33)7-6-12-31(4)5/h6-11,13-15H,12,25H2,1-5H3,(H,28,33)(H,26,27,29,30)/p+1/b7-6+,11-10-. The van der Waals surface area contributed by atoms with Crippen molar-refractivity contribution in [1.82, 2.24) is 14.5 Å². The first-order chi connectivity index (χ1) is 15.8. The zero-order valence-electron chi connectivity index (χ0n) is 19.7. The number of hydrogen-bond donors (Lipinski definition) is 3. The molecule has 0 unspecified atom stereocenters. The van der Waals surface area contributed by atoms with Crippen molar-refractivity contribution in [2.75, 3.05) is 38.3 Å². The van der Waals surface area contributed by atoms with E-state index in [1.807, 2.05) is 74.1 Å². The fraction of sp³-hybridized carbons (Fsp3) is 0.250. The number of anilines is 2. The van der Waals surface area contributed by atoms with E-state index >= 15 is 0 Å². The highest BCUT2D eigenvalue weighted by molar-refractivity contribution is 6.02. The Labute approximate surface area is 193 Å². The monoisotopic (exact) mass is 447 g/mol. The van der Waals surface area contributed by atoms with Crippen LogP contribution < -0.4 is 21.4 Å². The second kappa shape index (κ2) is 10.6. The Kier molecular flexibility index (Phi) is 7.57. The molecule has 2 aromatic heterocycles. The normalized spacial score (nSPS) is 12.4. The van der Waals surface area contributed by atoms with Gasteiger partial charge in [0.1, 0.15) is 0 Å². The van der Waals surface area contributed by atoms with Gasteiger partial charge in [-0.25, -0.2) is 10.3 Å². The lowest BCUT2D eigenvalue weighted by atomic mass is 10.1. The first-order valence-electron chi connectivity index (χ1n) is 10.6. The van der Waals surface area contributed by atoms with Crippen LogP contribution in [-0.4, -0.2) is 53.9 Å². The zero-order chi connectivity index (χ0) is 24.0. The molecular weight excluding hydrogens is 416 g/mol. The Morgan fingerprint density at radius 1 is 1.24 bits per heavy atom. The summed E-state index contributed by atoms with van der Waals surface area (Å²) < 4.78 is 2.04. The molecule has 0 spiro atoms. The van der Waals surface area contributed by atoms with Gasteiger partial charge in [-0.3, -0.25) is 14.4 Å². The number of aromatic amines is 1. The molecule has 3 rings (SSSR count). The van der Waals surface area contributed by atoms with E-state index in [2.05, 4.69) is 20.6 Å². The zero-order valence-corrected chi connectivity index (χ0v) is 19.7. The van der Waals surface area contributed by atoms with Gasteiger partial charge in [-0.2, -0.15) is 0 Å². The highest BCUT2D eigenvalue weighted by Gasteiger charge is 2.17. The molecule has 0 aliphatic carbocycles. The fourth-order valence-corrected chi connectivity index (χ4v) is 3.36. The van der Waals surface area contributed by atoms with E-state index in [0.29, 0.717) is 18.3 Å². The van der Waals surface area contributed by atoms with Crippen LogP contribution in [0.5, 0.6) is 0 Å². The lowest BCUT2D eigenvalue weighted by molar-refractivity contribution is -0.365. The van der Waals surface area contributed by atoms with E-state index in [-0.39, 0.29) is 5.91 Å². The van der Waals surface area contributed by atoms with E-state index in [1.165, 1.54) is 6.20 Å². The number of nitrogens with zero attached hydrogens (tertiary/aromatic N) is 4. The fourth-order valence-electron chi connectivity index (χ4n) is 3.36. The van der Waals surface area contributed by atoms with E-state index in [0.717, 1.165) is 33.5 Å². The molecule has 0 radical (unpaired) electrons. The number of fused-ring (bicyclic) bond motifs is 1. The molecule has 33 heavy (non-hydrogen) atoms. The SMILES string of the molecule is CN=C(/C=C\N)Nc1nc(-n2cc(C)c3cc(NC(=O)/C=C/CN(C)C)ccc32)c(C)c[nH+]1. The molecule has 1 aromatic carbocycles. The minimum atomic E-state index is -0.153. The summed E-state index contributed by atoms with van der Waals surface area (Å²) in [4.78, 5) is 26.2. The minimum absolute atomic E-state index is 0.153. The lowest BCUT2D eigenvalue weighted by Crippen LogP contribution is -2.21. The third-order valence-corrected chi connectivity index (χ3v) is 4.98. The summed E-state index contributed by atoms with van der Waals surface area (Å²) in [7, 11) is 5.59. The average Bonchev–Trinajstić information content (AvgIpc) is 3.10. The van der Waals surface area contributed by atoms with Gasteiger partial charge in [-0.05, 0) is 57.9 Å². The van der Waals surface area contributed by atoms with E-state index in [9.17, 15) is 4.79 Å². The molecule has 3 aromatic rings. The van der Waals surface area contributed by atoms with Crippen LogP contribution >= 0.6 is 0 Å². The Bertz CT molecular complexity index is 1240. The Morgan fingerprint density at radius 3 is 2.73 bits per heavy atom. The molecule has 0 bridgehead atoms. The van der Waals surface area contributed by atoms with Crippen LogP contribution in [0.4, 0.5) is 11.6 Å². The van der Waals surface area contributed by atoms with Gasteiger partial charge in [0, 0.05) is 48.6 Å². The number of amidine groups is 1. The number of aliphatic imine (C=N–C) groups is 1. The first kappa shape index (κ1) is 23.7. The molecule has 0 aliphatic rings. The molecule has 1 amide bonds. The number of aryl methyl sites for hydroxylation is 2. The third kappa shape index (κ3) is 5.83. The molecule has 172 valence electrons. The average molecular weight is 448 g/mol. The highest BCUT2D eigenvalue weighted by atomic mass is 16.1. The number of aromatic nitrogens is 3. The molecule has 5 N–H and O–H groups in total. The number of rotatable bonds is 7. The predicted octanol–water partition coefficient (Wildman–Crippen LogP) is 2.43. The maximum absolute atomic E-state index is 12.2. The summed E-state index contributed by atoms with van der Waals surface area (Å²) in [6.07, 6.45) is 10.4. The number of amides is 1. The van der Waals surface area contributed by atoms with Crippen molar-refractivity contribution in [3.05, 3.63) is 66.1 Å². The molecule has 0 atom stereocenters. The van der Waals surface area contributed by atoms with Crippen molar-refractivity contribution < 1.29 is 9.78 Å². The Balaban J connectivity index is 1.91. The Hall–Kier alpha value is -3.98. The Morgan fingerprint density at radius 2 is 2.03 bits per heavy atom. The topological polar surface area (TPSA) is 115 Å². The maximum Gasteiger partial charge on any atom is 0.397 e. The molecule has 0 saturated heterocycles. The predicted molar refractivity (Wildman–Crippen MR) is 134 cm³/mol. The number of carbonyl (C=O) groups excluding carboxylic acids is 1. The number of nitrogens with one attached hydrogen (secondary N) is 3. The number of H-pyrrole nitrogens is 1. The van der Waals surface area contributed by atoms with Crippen LogP contribution in [0.3, 0.4) is 0 Å². The molecule has 9 nitrogen and oxygen atoms in total. The third-order valence-electron chi connectivity index (χ3n) is 4.98. The minimum Gasteiger partial charge on any atom is -0.404 e. The van der Waals surface area contributed by atoms with E-state index < -0.39 is 0 Å². The second-order valence-electron chi connectivity index (χ2n) is 7.92. The lowest BCUT2D eigenvalue weighted by Gasteiger charge is -2.07. The number of nitrogens with two attached hydrogens (primary N) is 1. The van der Waals surface area contributed by atoms with Crippen molar-refractivity contribution in [1.29, 1.82) is 0 Å². The van der Waals surface area contributed by atoms with Gasteiger partial charge in [-0.15, -0.1) is 0 Å². The number of carbonyl (C=O) groups is 1. The van der Waals surface area contributed by atoms with Gasteiger partial charge in [0.25, 0.3) is 0 Å². The largest absolute Gasteiger partial charge is 0.404 e. The van der Waals surface area contributed by atoms with E-state index in [1.54, 1.807) is 19.2 Å². The summed E-state index contributed by atoms with van der Waals surface area (Å²) in [5.74, 6) is 1.76. The smallest absolute Gasteiger partial charge is 0.397 e. The van der Waals surface area contributed by atoms with Gasteiger partial charge in [0.2, 0.25) is 11.7 Å². The number of benzene rings is 1. The second-order valence-corrected chi connectivity index (χ2v) is 7.92. The van der Waals surface area contributed by atoms with Crippen LogP contribution in [0.25, 0.3) is 16.7 Å². The summed E-state index contributed by atoms with van der Waals surface area (Å²) in [5, 5.41) is 7.09. The molecular formula is C24H31N8O+.